The Kier molecular flexibility index (Phi) is 2.49. The lowest BCUT2D eigenvalue weighted by atomic mass is 10.2. The molecule has 2 heterocycles. The summed E-state index contributed by atoms with van der Waals surface area (Å²) in [6.07, 6.45) is 4.12. The van der Waals surface area contributed by atoms with Gasteiger partial charge >= 0.3 is 0 Å². The molecule has 0 aliphatic rings. The van der Waals surface area contributed by atoms with Gasteiger partial charge in [0.15, 0.2) is 11.9 Å². The zero-order valence-electron chi connectivity index (χ0n) is 8.84. The van der Waals surface area contributed by atoms with Gasteiger partial charge in [-0.1, -0.05) is 13.8 Å². The van der Waals surface area contributed by atoms with Crippen LogP contribution >= 0.6 is 0 Å². The number of fused-ring (bicyclic) bond motifs is 1. The minimum Gasteiger partial charge on any atom is -0.298 e. The number of rotatable bonds is 3. The van der Waals surface area contributed by atoms with Gasteiger partial charge in [-0.25, -0.2) is 9.67 Å². The smallest absolute Gasteiger partial charge is 0.157 e. The number of aldehydes is 1. The summed E-state index contributed by atoms with van der Waals surface area (Å²) in [4.78, 5) is 14.8. The van der Waals surface area contributed by atoms with Crippen molar-refractivity contribution >= 4 is 17.3 Å². The van der Waals surface area contributed by atoms with E-state index in [4.69, 9.17) is 0 Å². The van der Waals surface area contributed by atoms with Gasteiger partial charge in [-0.3, -0.25) is 4.79 Å². The maximum absolute atomic E-state index is 10.6. The number of hydrogen-bond donors (Lipinski definition) is 0. The van der Waals surface area contributed by atoms with Crippen LogP contribution in [0, 0.1) is 5.92 Å². The Labute approximate surface area is 87.9 Å². The molecular formula is C11H13N3O. The molecule has 0 saturated heterocycles. The number of carbonyl (C=O) groups excluding carboxylic acids is 1. The van der Waals surface area contributed by atoms with E-state index in [1.165, 1.54) is 0 Å². The van der Waals surface area contributed by atoms with E-state index in [2.05, 4.69) is 23.9 Å². The van der Waals surface area contributed by atoms with Crippen molar-refractivity contribution in [1.82, 2.24) is 14.8 Å². The first-order valence-corrected chi connectivity index (χ1v) is 4.97. The Morgan fingerprint density at radius 3 is 2.93 bits per heavy atom. The van der Waals surface area contributed by atoms with Gasteiger partial charge in [-0.2, -0.15) is 5.10 Å². The van der Waals surface area contributed by atoms with Gasteiger partial charge in [0, 0.05) is 23.7 Å². The van der Waals surface area contributed by atoms with Gasteiger partial charge in [0.2, 0.25) is 0 Å². The lowest BCUT2D eigenvalue weighted by molar-refractivity contribution is 0.112. The molecule has 0 fully saturated rings. The number of carbonyl (C=O) groups is 1. The molecule has 4 nitrogen and oxygen atoms in total. The van der Waals surface area contributed by atoms with E-state index in [0.717, 1.165) is 23.9 Å². The highest BCUT2D eigenvalue weighted by Gasteiger charge is 2.05. The molecule has 2 aromatic rings. The van der Waals surface area contributed by atoms with Crippen LogP contribution in [-0.2, 0) is 6.54 Å². The monoisotopic (exact) mass is 203 g/mol. The number of pyridine rings is 1. The van der Waals surface area contributed by atoms with Crippen LogP contribution < -0.4 is 0 Å². The zero-order valence-corrected chi connectivity index (χ0v) is 8.84. The number of hydrogen-bond acceptors (Lipinski definition) is 3. The molecule has 4 heteroatoms. The van der Waals surface area contributed by atoms with Crippen LogP contribution in [0.3, 0.4) is 0 Å². The largest absolute Gasteiger partial charge is 0.298 e. The van der Waals surface area contributed by atoms with Crippen LogP contribution in [0.2, 0.25) is 0 Å². The Balaban J connectivity index is 2.47. The van der Waals surface area contributed by atoms with Gasteiger partial charge in [0.25, 0.3) is 0 Å². The molecular weight excluding hydrogens is 190 g/mol. The second-order valence-electron chi connectivity index (χ2n) is 4.02. The van der Waals surface area contributed by atoms with Crippen LogP contribution in [0.15, 0.2) is 18.5 Å². The van der Waals surface area contributed by atoms with Gasteiger partial charge < -0.3 is 0 Å². The number of aromatic nitrogens is 3. The fourth-order valence-corrected chi connectivity index (χ4v) is 1.53. The maximum Gasteiger partial charge on any atom is 0.157 e. The Bertz CT molecular complexity index is 488. The topological polar surface area (TPSA) is 47.8 Å². The fourth-order valence-electron chi connectivity index (χ4n) is 1.53. The summed E-state index contributed by atoms with van der Waals surface area (Å²) in [5.41, 5.74) is 1.43. The molecule has 0 radical (unpaired) electrons. The van der Waals surface area contributed by atoms with Crippen LogP contribution in [0.4, 0.5) is 0 Å². The standard InChI is InChI=1S/C11H13N3O/c1-8(2)6-14-11-10(5-13-14)3-9(7-15)4-12-11/h3-5,7-8H,6H2,1-2H3. The summed E-state index contributed by atoms with van der Waals surface area (Å²) in [7, 11) is 0. The summed E-state index contributed by atoms with van der Waals surface area (Å²) < 4.78 is 1.87. The van der Waals surface area contributed by atoms with Crippen LogP contribution in [0.1, 0.15) is 24.2 Å². The zero-order chi connectivity index (χ0) is 10.8. The van der Waals surface area contributed by atoms with E-state index in [-0.39, 0.29) is 0 Å². The van der Waals surface area contributed by atoms with Crippen molar-refractivity contribution in [3.63, 3.8) is 0 Å². The molecule has 0 N–H and O–H groups in total. The second-order valence-corrected chi connectivity index (χ2v) is 4.02. The highest BCUT2D eigenvalue weighted by atomic mass is 16.1. The molecule has 2 rings (SSSR count). The molecule has 0 spiro atoms. The minimum atomic E-state index is 0.528. The molecule has 0 bridgehead atoms. The molecule has 0 aliphatic heterocycles. The second kappa shape index (κ2) is 3.81. The van der Waals surface area contributed by atoms with Gasteiger partial charge in [0.1, 0.15) is 0 Å². The Hall–Kier alpha value is -1.71. The van der Waals surface area contributed by atoms with E-state index >= 15 is 0 Å². The quantitative estimate of drug-likeness (QED) is 0.716. The van der Waals surface area contributed by atoms with Crippen molar-refractivity contribution < 1.29 is 4.79 Å². The number of nitrogens with zero attached hydrogens (tertiary/aromatic N) is 3. The van der Waals surface area contributed by atoms with E-state index in [0.29, 0.717) is 11.5 Å². The average Bonchev–Trinajstić information content (AvgIpc) is 2.60. The Morgan fingerprint density at radius 1 is 1.47 bits per heavy atom. The third kappa shape index (κ3) is 1.88. The Morgan fingerprint density at radius 2 is 2.27 bits per heavy atom. The molecule has 0 aliphatic carbocycles. The van der Waals surface area contributed by atoms with Crippen molar-refractivity contribution in [2.45, 2.75) is 20.4 Å². The van der Waals surface area contributed by atoms with E-state index in [1.807, 2.05) is 4.68 Å². The predicted molar refractivity (Wildman–Crippen MR) is 57.8 cm³/mol. The van der Waals surface area contributed by atoms with E-state index in [9.17, 15) is 4.79 Å². The highest BCUT2D eigenvalue weighted by Crippen LogP contribution is 2.13. The molecule has 0 saturated carbocycles. The predicted octanol–water partition coefficient (Wildman–Crippen LogP) is 1.90. The SMILES string of the molecule is CC(C)Cn1ncc2cc(C=O)cnc21. The van der Waals surface area contributed by atoms with Crippen LogP contribution in [0.5, 0.6) is 0 Å². The van der Waals surface area contributed by atoms with Crippen LogP contribution in [0.25, 0.3) is 11.0 Å². The third-order valence-corrected chi connectivity index (χ3v) is 2.17. The molecule has 0 unspecified atom stereocenters. The van der Waals surface area contributed by atoms with Gasteiger partial charge in [-0.15, -0.1) is 0 Å². The first-order chi connectivity index (χ1) is 7.20. The van der Waals surface area contributed by atoms with E-state index in [1.54, 1.807) is 18.5 Å². The molecule has 0 atom stereocenters. The molecule has 78 valence electrons. The summed E-state index contributed by atoms with van der Waals surface area (Å²) in [6.45, 7) is 5.11. The van der Waals surface area contributed by atoms with Crippen molar-refractivity contribution in [1.29, 1.82) is 0 Å². The molecule has 0 aromatic carbocycles. The lowest BCUT2D eigenvalue weighted by Gasteiger charge is -2.05. The summed E-state index contributed by atoms with van der Waals surface area (Å²) in [5, 5.41) is 5.17. The first kappa shape index (κ1) is 9.83. The third-order valence-electron chi connectivity index (χ3n) is 2.17. The van der Waals surface area contributed by atoms with E-state index < -0.39 is 0 Å². The molecule has 2 aromatic heterocycles. The normalized spacial score (nSPS) is 11.1. The average molecular weight is 203 g/mol. The summed E-state index contributed by atoms with van der Waals surface area (Å²) >= 11 is 0. The van der Waals surface area contributed by atoms with Crippen molar-refractivity contribution in [3.8, 4) is 0 Å². The van der Waals surface area contributed by atoms with Crippen LogP contribution in [-0.4, -0.2) is 21.1 Å². The summed E-state index contributed by atoms with van der Waals surface area (Å²) in [5.74, 6) is 0.528. The summed E-state index contributed by atoms with van der Waals surface area (Å²) in [6, 6.07) is 1.80. The highest BCUT2D eigenvalue weighted by molar-refractivity contribution is 5.83. The van der Waals surface area contributed by atoms with Crippen molar-refractivity contribution in [3.05, 3.63) is 24.0 Å². The maximum atomic E-state index is 10.6. The molecule has 0 amide bonds. The van der Waals surface area contributed by atoms with Crippen molar-refractivity contribution in [2.24, 2.45) is 5.92 Å². The molecule has 15 heavy (non-hydrogen) atoms. The minimum absolute atomic E-state index is 0.528. The lowest BCUT2D eigenvalue weighted by Crippen LogP contribution is -2.06. The van der Waals surface area contributed by atoms with Gasteiger partial charge in [0.05, 0.1) is 6.20 Å². The fraction of sp³-hybridized carbons (Fsp3) is 0.364. The van der Waals surface area contributed by atoms with Gasteiger partial charge in [-0.05, 0) is 12.0 Å². The first-order valence-electron chi connectivity index (χ1n) is 4.97. The van der Waals surface area contributed by atoms with Crippen molar-refractivity contribution in [2.75, 3.05) is 0 Å².